The number of aryl methyl sites for hydroxylation is 1. The quantitative estimate of drug-likeness (QED) is 0.105. The fraction of sp³-hybridized carbons (Fsp3) is 0.759. The molecule has 3 saturated heterocycles. The number of hydrogen-bond donors (Lipinski definition) is 5. The van der Waals surface area contributed by atoms with Gasteiger partial charge in [-0.1, -0.05) is 45.0 Å². The van der Waals surface area contributed by atoms with Crippen molar-refractivity contribution >= 4 is 5.97 Å². The number of cyclic esters (lactones) is 1. The van der Waals surface area contributed by atoms with Crippen LogP contribution in [0, 0.1) is 23.7 Å². The lowest BCUT2D eigenvalue weighted by atomic mass is 9.68. The summed E-state index contributed by atoms with van der Waals surface area (Å²) in [5, 5.41) is 68.9. The van der Waals surface area contributed by atoms with Gasteiger partial charge in [0.25, 0.3) is 0 Å². The molecule has 0 spiro atoms. The van der Waals surface area contributed by atoms with Gasteiger partial charge < -0.3 is 63.8 Å². The number of hydrogen-bond acceptors (Lipinski definition) is 18. The first-order chi connectivity index (χ1) is 34.4. The Morgan fingerprint density at radius 3 is 2.27 bits per heavy atom. The second-order valence-corrected chi connectivity index (χ2v) is 22.3. The van der Waals surface area contributed by atoms with Crippen molar-refractivity contribution in [3.8, 4) is 16.9 Å². The maximum Gasteiger partial charge on any atom is 0.309 e. The van der Waals surface area contributed by atoms with E-state index < -0.39 is 102 Å². The van der Waals surface area contributed by atoms with Gasteiger partial charge >= 0.3 is 5.97 Å². The molecule has 1 unspecified atom stereocenters. The number of benzene rings is 1. The molecule has 1 aromatic carbocycles. The van der Waals surface area contributed by atoms with Crippen molar-refractivity contribution in [2.75, 3.05) is 40.9 Å². The fourth-order valence-electron chi connectivity index (χ4n) is 11.8. The lowest BCUT2D eigenvalue weighted by molar-refractivity contribution is -0.302. The van der Waals surface area contributed by atoms with E-state index in [1.54, 1.807) is 40.1 Å². The van der Waals surface area contributed by atoms with E-state index in [1.165, 1.54) is 20.4 Å². The van der Waals surface area contributed by atoms with E-state index in [2.05, 4.69) is 25.2 Å². The first kappa shape index (κ1) is 58.5. The van der Waals surface area contributed by atoms with Gasteiger partial charge in [-0.3, -0.25) is 9.48 Å². The van der Waals surface area contributed by atoms with Crippen LogP contribution in [0.25, 0.3) is 11.1 Å². The minimum Gasteiger partial charge on any atom is -0.494 e. The van der Waals surface area contributed by atoms with Crippen molar-refractivity contribution in [3.63, 3.8) is 0 Å². The van der Waals surface area contributed by atoms with Crippen molar-refractivity contribution in [1.29, 1.82) is 0 Å². The van der Waals surface area contributed by atoms with Crippen molar-refractivity contribution in [3.05, 3.63) is 54.9 Å². The number of likely N-dealkylation sites (N-methyl/N-ethyl adjacent to an activating group) is 2. The summed E-state index contributed by atoms with van der Waals surface area (Å²) in [6, 6.07) is 6.88. The summed E-state index contributed by atoms with van der Waals surface area (Å²) in [4.78, 5) is 26.8. The molecule has 18 atom stereocenters. The largest absolute Gasteiger partial charge is 0.494 e. The van der Waals surface area contributed by atoms with E-state index in [-0.39, 0.29) is 31.3 Å². The molecule has 3 fully saturated rings. The summed E-state index contributed by atoms with van der Waals surface area (Å²) in [5.74, 6) is -2.35. The zero-order valence-corrected chi connectivity index (χ0v) is 45.6. The number of esters is 1. The average Bonchev–Trinajstić information content (AvgIpc) is 3.82. The number of aliphatic hydroxyl groups is 5. The van der Waals surface area contributed by atoms with Gasteiger partial charge in [0.1, 0.15) is 42.1 Å². The molecule has 410 valence electrons. The molecule has 5 N–H and O–H groups in total. The third-order valence-electron chi connectivity index (χ3n) is 16.3. The molecular formula is C54H87N7O12. The van der Waals surface area contributed by atoms with Gasteiger partial charge in [0.05, 0.1) is 53.8 Å². The van der Waals surface area contributed by atoms with Gasteiger partial charge in [0, 0.05) is 88.2 Å². The molecule has 0 aliphatic carbocycles. The summed E-state index contributed by atoms with van der Waals surface area (Å²) in [7, 11) is 5.35. The smallest absolute Gasteiger partial charge is 0.309 e. The Kier molecular flexibility index (Phi) is 20.0. The lowest BCUT2D eigenvalue weighted by Gasteiger charge is -2.51. The number of carbonyl (C=O) groups is 1. The van der Waals surface area contributed by atoms with Crippen LogP contribution in [0.5, 0.6) is 5.75 Å². The molecule has 19 heteroatoms. The number of aromatic nitrogens is 5. The Morgan fingerprint density at radius 2 is 1.62 bits per heavy atom. The highest BCUT2D eigenvalue weighted by Gasteiger charge is 2.55. The number of aliphatic hydroxyl groups excluding tert-OH is 3. The summed E-state index contributed by atoms with van der Waals surface area (Å²) in [6.45, 7) is 20.1. The highest BCUT2D eigenvalue weighted by Crippen LogP contribution is 2.45. The third-order valence-corrected chi connectivity index (χ3v) is 16.3. The fourth-order valence-corrected chi connectivity index (χ4v) is 11.8. The molecule has 0 saturated carbocycles. The van der Waals surface area contributed by atoms with Gasteiger partial charge in [0.15, 0.2) is 6.29 Å². The van der Waals surface area contributed by atoms with Gasteiger partial charge in [-0.25, -0.2) is 9.97 Å². The van der Waals surface area contributed by atoms with Crippen molar-refractivity contribution in [2.45, 2.75) is 198 Å². The maximum absolute atomic E-state index is 14.6. The zero-order valence-electron chi connectivity index (χ0n) is 45.6. The number of ether oxygens (including phenoxy) is 6. The maximum atomic E-state index is 14.6. The summed E-state index contributed by atoms with van der Waals surface area (Å²) >= 11 is 0. The second-order valence-electron chi connectivity index (χ2n) is 22.3. The van der Waals surface area contributed by atoms with Crippen LogP contribution in [-0.4, -0.2) is 191 Å². The van der Waals surface area contributed by atoms with Crippen LogP contribution < -0.4 is 4.74 Å². The van der Waals surface area contributed by atoms with E-state index in [0.29, 0.717) is 39.1 Å². The Bertz CT molecular complexity index is 2170. The normalized spacial score (nSPS) is 38.6. The molecular weight excluding hydrogens is 939 g/mol. The van der Waals surface area contributed by atoms with E-state index in [9.17, 15) is 30.3 Å². The van der Waals surface area contributed by atoms with Crippen LogP contribution >= 0.6 is 0 Å². The first-order valence-electron chi connectivity index (χ1n) is 26.4. The van der Waals surface area contributed by atoms with Gasteiger partial charge in [-0.05, 0) is 104 Å². The molecule has 2 aromatic heterocycles. The number of carbonyl (C=O) groups excluding carboxylic acids is 1. The topological polar surface area (TPSA) is 237 Å². The highest BCUT2D eigenvalue weighted by atomic mass is 16.7. The minimum absolute atomic E-state index is 0.169. The molecule has 0 bridgehead atoms. The monoisotopic (exact) mass is 1030 g/mol. The van der Waals surface area contributed by atoms with Crippen LogP contribution in [0.2, 0.25) is 0 Å². The first-order valence-corrected chi connectivity index (χ1v) is 26.4. The number of nitrogens with zero attached hydrogens (tertiary/aromatic N) is 7. The van der Waals surface area contributed by atoms with Crippen LogP contribution in [0.1, 0.15) is 107 Å². The molecule has 19 nitrogen and oxygen atoms in total. The zero-order chi connectivity index (χ0) is 53.6. The summed E-state index contributed by atoms with van der Waals surface area (Å²) < 4.78 is 40.0. The Morgan fingerprint density at radius 1 is 0.932 bits per heavy atom. The number of rotatable bonds is 15. The van der Waals surface area contributed by atoms with Crippen LogP contribution in [0.15, 0.2) is 49.2 Å². The number of methoxy groups -OCH3 is 1. The van der Waals surface area contributed by atoms with E-state index in [0.717, 1.165) is 29.0 Å². The second kappa shape index (κ2) is 25.0. The van der Waals surface area contributed by atoms with Gasteiger partial charge in [-0.15, -0.1) is 5.10 Å². The average molecular weight is 1030 g/mol. The summed E-state index contributed by atoms with van der Waals surface area (Å²) in [6.07, 6.45) is 1.00. The standard InChI is InChI=1S/C54H87N7O12/c1-14-44-54(10,67)47(63)36(6)60(12)29-32(2)25-52(8,66)49(34(4)45(35(5)50(65)72-44)43-26-53(9,68-13)48(64)37(7)71-43)73-51-46(62)42(24-33(3)70-51)59(11)22-20-40-30-61(58-57-40)21-15-23-69-41-18-16-38(17-19-41)39-27-55-31-56-28-39/h16-19,27-28,30-37,42-49,51,62-64,66-67H,14-15,20-26,29H2,1-13H3/t32-,33-,34+,35-,36-,37+,42+,43-,44-,45?,46-,47-,48+,49-,51+,52-,53-,54-/m1/s1. The predicted octanol–water partition coefficient (Wildman–Crippen LogP) is 4.30. The van der Waals surface area contributed by atoms with Gasteiger partial charge in [0.2, 0.25) is 0 Å². The van der Waals surface area contributed by atoms with Crippen LogP contribution in [-0.2, 0) is 41.4 Å². The molecule has 3 aromatic rings. The minimum atomic E-state index is -1.81. The molecule has 5 heterocycles. The lowest BCUT2D eigenvalue weighted by Crippen LogP contribution is -2.62. The predicted molar refractivity (Wildman–Crippen MR) is 273 cm³/mol. The van der Waals surface area contributed by atoms with Crippen molar-refractivity contribution < 1.29 is 58.7 Å². The molecule has 3 aliphatic rings. The third kappa shape index (κ3) is 14.0. The Hall–Kier alpha value is -3.73. The molecule has 3 aliphatic heterocycles. The van der Waals surface area contributed by atoms with E-state index >= 15 is 0 Å². The van der Waals surface area contributed by atoms with E-state index in [1.807, 2.05) is 88.8 Å². The van der Waals surface area contributed by atoms with Crippen LogP contribution in [0.3, 0.4) is 0 Å². The molecule has 0 amide bonds. The van der Waals surface area contributed by atoms with Gasteiger partial charge in [-0.2, -0.15) is 0 Å². The molecule has 0 radical (unpaired) electrons. The van der Waals surface area contributed by atoms with E-state index in [4.69, 9.17) is 28.4 Å². The molecule has 6 rings (SSSR count). The Balaban J connectivity index is 1.19. The van der Waals surface area contributed by atoms with Crippen LogP contribution in [0.4, 0.5) is 0 Å². The van der Waals surface area contributed by atoms with Crippen molar-refractivity contribution in [1.82, 2.24) is 34.8 Å². The van der Waals surface area contributed by atoms with Crippen molar-refractivity contribution in [2.24, 2.45) is 23.7 Å². The SMILES string of the molecule is CC[C@H]1OC(=O)[C@H](C)C([C@H]2C[C@@](C)(OC)[C@@H](O)[C@H](C)O2)[C@H](C)[C@@H](O[C@@H]2O[C@H](C)C[C@H](N(C)CCc3cn(CCCOc4ccc(-c5cncnc5)cc4)nn3)[C@H]2O)[C@](C)(O)C[C@@H](C)CN(C)[C@H](C)[C@@H](O)[C@]1(C)O. The Labute approximate surface area is 432 Å². The highest BCUT2D eigenvalue weighted by molar-refractivity contribution is 5.73. The molecule has 73 heavy (non-hydrogen) atoms. The summed E-state index contributed by atoms with van der Waals surface area (Å²) in [5.41, 5.74) is -1.69.